The number of carbonyl (C=O) groups excluding carboxylic acids is 1. The minimum Gasteiger partial charge on any atom is -0.484 e. The highest BCUT2D eigenvalue weighted by Crippen LogP contribution is 2.15. The Hall–Kier alpha value is -2.66. The Bertz CT molecular complexity index is 804. The Morgan fingerprint density at radius 1 is 1.16 bits per heavy atom. The van der Waals surface area contributed by atoms with Crippen LogP contribution in [0.15, 0.2) is 65.5 Å². The number of rotatable bonds is 7. The normalized spacial score (nSPS) is 10.4. The minimum absolute atomic E-state index is 0.0143. The highest BCUT2D eigenvalue weighted by Gasteiger charge is 2.16. The lowest BCUT2D eigenvalue weighted by atomic mass is 10.2. The largest absolute Gasteiger partial charge is 0.484 e. The molecule has 0 saturated heterocycles. The lowest BCUT2D eigenvalue weighted by molar-refractivity contribution is -0.134. The van der Waals surface area contributed by atoms with Crippen molar-refractivity contribution in [1.29, 1.82) is 0 Å². The van der Waals surface area contributed by atoms with Crippen molar-refractivity contribution < 1.29 is 9.53 Å². The molecule has 0 aliphatic heterocycles. The summed E-state index contributed by atoms with van der Waals surface area (Å²) < 4.78 is 5.68. The Labute approximate surface area is 151 Å². The Morgan fingerprint density at radius 2 is 2.08 bits per heavy atom. The first-order valence-corrected chi connectivity index (χ1v) is 9.03. The number of aromatic nitrogens is 1. The zero-order valence-electron chi connectivity index (χ0n) is 14.1. The van der Waals surface area contributed by atoms with E-state index in [2.05, 4.69) is 10.4 Å². The highest BCUT2D eigenvalue weighted by molar-refractivity contribution is 7.07. The van der Waals surface area contributed by atoms with E-state index in [0.717, 1.165) is 16.8 Å². The van der Waals surface area contributed by atoms with Gasteiger partial charge >= 0.3 is 0 Å². The van der Waals surface area contributed by atoms with Gasteiger partial charge in [-0.2, -0.15) is 11.3 Å². The second-order valence-corrected chi connectivity index (χ2v) is 6.59. The van der Waals surface area contributed by atoms with Crippen LogP contribution in [-0.2, 0) is 17.9 Å². The van der Waals surface area contributed by atoms with E-state index in [1.165, 1.54) is 0 Å². The molecule has 0 spiro atoms. The monoisotopic (exact) mass is 352 g/mol. The fraction of sp³-hybridized carbons (Fsp3) is 0.200. The van der Waals surface area contributed by atoms with E-state index >= 15 is 0 Å². The van der Waals surface area contributed by atoms with Crippen molar-refractivity contribution in [2.24, 2.45) is 0 Å². The molecule has 3 rings (SSSR count). The van der Waals surface area contributed by atoms with E-state index in [1.807, 2.05) is 60.8 Å². The van der Waals surface area contributed by atoms with Crippen LogP contribution in [0.25, 0.3) is 0 Å². The van der Waals surface area contributed by atoms with Gasteiger partial charge in [-0.3, -0.25) is 9.78 Å². The highest BCUT2D eigenvalue weighted by atomic mass is 32.1. The van der Waals surface area contributed by atoms with E-state index in [0.29, 0.717) is 18.8 Å². The van der Waals surface area contributed by atoms with Crippen molar-refractivity contribution in [3.05, 3.63) is 82.3 Å². The molecule has 2 heterocycles. The van der Waals surface area contributed by atoms with Crippen LogP contribution in [0.3, 0.4) is 0 Å². The van der Waals surface area contributed by atoms with Crippen molar-refractivity contribution in [2.75, 3.05) is 6.61 Å². The maximum Gasteiger partial charge on any atom is 0.261 e. The lowest BCUT2D eigenvalue weighted by Gasteiger charge is -2.22. The number of nitrogens with zero attached hydrogens (tertiary/aromatic N) is 2. The molecular formula is C20H20N2O2S. The van der Waals surface area contributed by atoms with Crippen LogP contribution in [0.5, 0.6) is 5.75 Å². The van der Waals surface area contributed by atoms with Gasteiger partial charge in [0.05, 0.1) is 12.2 Å². The summed E-state index contributed by atoms with van der Waals surface area (Å²) >= 11 is 1.63. The van der Waals surface area contributed by atoms with Gasteiger partial charge in [0.1, 0.15) is 5.75 Å². The smallest absolute Gasteiger partial charge is 0.261 e. The number of ether oxygens (including phenoxy) is 1. The summed E-state index contributed by atoms with van der Waals surface area (Å²) in [4.78, 5) is 18.8. The summed E-state index contributed by atoms with van der Waals surface area (Å²) in [6, 6.07) is 15.5. The SMILES string of the molecule is Cc1cccc(OCC(=O)N(Cc2ccsc2)Cc2ccccn2)c1. The zero-order chi connectivity index (χ0) is 17.5. The lowest BCUT2D eigenvalue weighted by Crippen LogP contribution is -2.34. The molecule has 0 aliphatic rings. The third kappa shape index (κ3) is 5.16. The van der Waals surface area contributed by atoms with Gasteiger partial charge in [0.15, 0.2) is 6.61 Å². The quantitative estimate of drug-likeness (QED) is 0.644. The molecule has 0 N–H and O–H groups in total. The maximum absolute atomic E-state index is 12.7. The molecule has 1 aromatic carbocycles. The van der Waals surface area contributed by atoms with Crippen LogP contribution in [0.1, 0.15) is 16.8 Å². The first-order valence-electron chi connectivity index (χ1n) is 8.09. The number of hydrogen-bond donors (Lipinski definition) is 0. The first kappa shape index (κ1) is 17.2. The van der Waals surface area contributed by atoms with Gasteiger partial charge in [0.25, 0.3) is 5.91 Å². The molecule has 2 aromatic heterocycles. The van der Waals surface area contributed by atoms with Gasteiger partial charge in [-0.1, -0.05) is 18.2 Å². The fourth-order valence-electron chi connectivity index (χ4n) is 2.46. The fourth-order valence-corrected chi connectivity index (χ4v) is 3.12. The molecule has 4 nitrogen and oxygen atoms in total. The average molecular weight is 352 g/mol. The molecule has 128 valence electrons. The van der Waals surface area contributed by atoms with Crippen LogP contribution >= 0.6 is 11.3 Å². The third-order valence-corrected chi connectivity index (χ3v) is 4.47. The standard InChI is InChI=1S/C20H20N2O2S/c1-16-5-4-7-19(11-16)24-14-20(23)22(12-17-8-10-25-15-17)13-18-6-2-3-9-21-18/h2-11,15H,12-14H2,1H3. The molecule has 0 unspecified atom stereocenters. The summed E-state index contributed by atoms with van der Waals surface area (Å²) in [6.45, 7) is 3.03. The van der Waals surface area contributed by atoms with Gasteiger partial charge < -0.3 is 9.64 Å². The van der Waals surface area contributed by atoms with Crippen LogP contribution < -0.4 is 4.74 Å². The molecule has 0 saturated carbocycles. The molecular weight excluding hydrogens is 332 g/mol. The van der Waals surface area contributed by atoms with Gasteiger partial charge in [0.2, 0.25) is 0 Å². The number of carbonyl (C=O) groups is 1. The summed E-state index contributed by atoms with van der Waals surface area (Å²) in [6.07, 6.45) is 1.74. The molecule has 5 heteroatoms. The predicted octanol–water partition coefficient (Wildman–Crippen LogP) is 4.06. The Kier molecular flexibility index (Phi) is 5.80. The van der Waals surface area contributed by atoms with Crippen LogP contribution in [0, 0.1) is 6.92 Å². The van der Waals surface area contributed by atoms with Crippen molar-refractivity contribution in [3.63, 3.8) is 0 Å². The van der Waals surface area contributed by atoms with E-state index in [-0.39, 0.29) is 12.5 Å². The van der Waals surface area contributed by atoms with Crippen molar-refractivity contribution >= 4 is 17.2 Å². The maximum atomic E-state index is 12.7. The first-order chi connectivity index (χ1) is 12.2. The van der Waals surface area contributed by atoms with Gasteiger partial charge in [-0.25, -0.2) is 0 Å². The minimum atomic E-state index is -0.0571. The van der Waals surface area contributed by atoms with Gasteiger partial charge in [-0.05, 0) is 59.1 Å². The second-order valence-electron chi connectivity index (χ2n) is 5.81. The van der Waals surface area contributed by atoms with Crippen LogP contribution in [0.4, 0.5) is 0 Å². The van der Waals surface area contributed by atoms with E-state index < -0.39 is 0 Å². The molecule has 0 fully saturated rings. The topological polar surface area (TPSA) is 42.4 Å². The van der Waals surface area contributed by atoms with Gasteiger partial charge in [0, 0.05) is 12.7 Å². The molecule has 0 bridgehead atoms. The number of thiophene rings is 1. The van der Waals surface area contributed by atoms with Crippen molar-refractivity contribution in [1.82, 2.24) is 9.88 Å². The summed E-state index contributed by atoms with van der Waals surface area (Å²) in [5, 5.41) is 4.07. The van der Waals surface area contributed by atoms with E-state index in [9.17, 15) is 4.79 Å². The van der Waals surface area contributed by atoms with Crippen molar-refractivity contribution in [2.45, 2.75) is 20.0 Å². The van der Waals surface area contributed by atoms with E-state index in [1.54, 1.807) is 22.4 Å². The van der Waals surface area contributed by atoms with Gasteiger partial charge in [-0.15, -0.1) is 0 Å². The number of hydrogen-bond acceptors (Lipinski definition) is 4. The summed E-state index contributed by atoms with van der Waals surface area (Å²) in [5.41, 5.74) is 3.08. The predicted molar refractivity (Wildman–Crippen MR) is 99.5 cm³/mol. The summed E-state index contributed by atoms with van der Waals surface area (Å²) in [5.74, 6) is 0.653. The number of amides is 1. The number of aryl methyl sites for hydroxylation is 1. The van der Waals surface area contributed by atoms with E-state index in [4.69, 9.17) is 4.74 Å². The molecule has 3 aromatic rings. The van der Waals surface area contributed by atoms with Crippen LogP contribution in [-0.4, -0.2) is 22.4 Å². The summed E-state index contributed by atoms with van der Waals surface area (Å²) in [7, 11) is 0. The molecule has 25 heavy (non-hydrogen) atoms. The Balaban J connectivity index is 1.67. The number of pyridine rings is 1. The average Bonchev–Trinajstić information content (AvgIpc) is 3.13. The second kappa shape index (κ2) is 8.44. The van der Waals surface area contributed by atoms with Crippen LogP contribution in [0.2, 0.25) is 0 Å². The van der Waals surface area contributed by atoms with Crippen molar-refractivity contribution in [3.8, 4) is 5.75 Å². The number of benzene rings is 1. The zero-order valence-corrected chi connectivity index (χ0v) is 14.9. The molecule has 0 radical (unpaired) electrons. The Morgan fingerprint density at radius 3 is 2.80 bits per heavy atom. The molecule has 0 aliphatic carbocycles. The molecule has 0 atom stereocenters. The third-order valence-electron chi connectivity index (χ3n) is 3.74. The molecule has 1 amide bonds.